The number of pyridine rings is 1. The minimum Gasteiger partial charge on any atom is -0.399 e. The normalized spacial score (nSPS) is 10.7. The fraction of sp³-hybridized carbons (Fsp3) is 0. The van der Waals surface area contributed by atoms with Crippen molar-refractivity contribution >= 4 is 16.6 Å². The van der Waals surface area contributed by atoms with Crippen LogP contribution in [0.15, 0.2) is 54.7 Å². The van der Waals surface area contributed by atoms with Gasteiger partial charge in [-0.15, -0.1) is 0 Å². The Morgan fingerprint density at radius 3 is 2.72 bits per heavy atom. The number of nitrogens with zero attached hydrogens (tertiary/aromatic N) is 1. The van der Waals surface area contributed by atoms with Gasteiger partial charge in [0.1, 0.15) is 5.82 Å². The molecule has 0 bridgehead atoms. The van der Waals surface area contributed by atoms with E-state index in [2.05, 4.69) is 4.98 Å². The summed E-state index contributed by atoms with van der Waals surface area (Å²) in [5.74, 6) is -0.315. The van der Waals surface area contributed by atoms with Gasteiger partial charge in [-0.2, -0.15) is 0 Å². The number of benzene rings is 2. The highest BCUT2D eigenvalue weighted by atomic mass is 19.1. The number of nitrogens with two attached hydrogens (primary N) is 1. The van der Waals surface area contributed by atoms with Gasteiger partial charge in [0.15, 0.2) is 0 Å². The molecule has 2 nitrogen and oxygen atoms in total. The van der Waals surface area contributed by atoms with E-state index in [1.54, 1.807) is 18.3 Å². The van der Waals surface area contributed by atoms with Crippen molar-refractivity contribution in [2.24, 2.45) is 0 Å². The Morgan fingerprint density at radius 1 is 1.00 bits per heavy atom. The van der Waals surface area contributed by atoms with Crippen LogP contribution in [0.25, 0.3) is 22.0 Å². The monoisotopic (exact) mass is 238 g/mol. The predicted molar refractivity (Wildman–Crippen MR) is 71.5 cm³/mol. The van der Waals surface area contributed by atoms with Crippen LogP contribution in [0.1, 0.15) is 0 Å². The molecule has 88 valence electrons. The Labute approximate surface area is 104 Å². The molecule has 2 aromatic carbocycles. The third-order valence-electron chi connectivity index (χ3n) is 2.91. The molecule has 0 atom stereocenters. The highest BCUT2D eigenvalue weighted by Crippen LogP contribution is 2.26. The zero-order valence-electron chi connectivity index (χ0n) is 9.60. The summed E-state index contributed by atoms with van der Waals surface area (Å²) in [7, 11) is 0. The summed E-state index contributed by atoms with van der Waals surface area (Å²) < 4.78 is 13.8. The second kappa shape index (κ2) is 4.11. The summed E-state index contributed by atoms with van der Waals surface area (Å²) in [6.45, 7) is 0. The molecule has 0 saturated carbocycles. The molecule has 0 unspecified atom stereocenters. The number of fused-ring (bicyclic) bond motifs is 1. The van der Waals surface area contributed by atoms with Gasteiger partial charge in [-0.1, -0.05) is 18.2 Å². The molecule has 0 amide bonds. The van der Waals surface area contributed by atoms with Crippen molar-refractivity contribution < 1.29 is 4.39 Å². The number of rotatable bonds is 1. The van der Waals surface area contributed by atoms with Crippen LogP contribution in [0.5, 0.6) is 0 Å². The van der Waals surface area contributed by atoms with Crippen LogP contribution in [0.4, 0.5) is 10.1 Å². The van der Waals surface area contributed by atoms with Crippen molar-refractivity contribution in [1.29, 1.82) is 0 Å². The van der Waals surface area contributed by atoms with Gasteiger partial charge in [-0.25, -0.2) is 4.39 Å². The fourth-order valence-corrected chi connectivity index (χ4v) is 2.00. The molecule has 0 saturated heterocycles. The first-order chi connectivity index (χ1) is 8.74. The average molecular weight is 238 g/mol. The van der Waals surface area contributed by atoms with Crippen molar-refractivity contribution in [1.82, 2.24) is 4.98 Å². The minimum atomic E-state index is -0.315. The molecular weight excluding hydrogens is 227 g/mol. The molecule has 1 heterocycles. The zero-order valence-corrected chi connectivity index (χ0v) is 9.60. The molecule has 1 aromatic heterocycles. The lowest BCUT2D eigenvalue weighted by molar-refractivity contribution is 0.632. The SMILES string of the molecule is Nc1ccc(-c2ccc3cccnc3c2)c(F)c1. The number of anilines is 1. The molecule has 0 spiro atoms. The molecule has 0 radical (unpaired) electrons. The van der Waals surface area contributed by atoms with Crippen LogP contribution in [-0.4, -0.2) is 4.98 Å². The topological polar surface area (TPSA) is 38.9 Å². The van der Waals surface area contributed by atoms with Crippen molar-refractivity contribution in [2.45, 2.75) is 0 Å². The van der Waals surface area contributed by atoms with Crippen molar-refractivity contribution in [3.8, 4) is 11.1 Å². The molecule has 3 heteroatoms. The lowest BCUT2D eigenvalue weighted by Gasteiger charge is -2.05. The fourth-order valence-electron chi connectivity index (χ4n) is 2.00. The molecule has 0 aliphatic carbocycles. The van der Waals surface area contributed by atoms with Crippen LogP contribution in [-0.2, 0) is 0 Å². The number of aromatic nitrogens is 1. The Kier molecular flexibility index (Phi) is 2.45. The highest BCUT2D eigenvalue weighted by molar-refractivity contribution is 5.84. The van der Waals surface area contributed by atoms with E-state index in [4.69, 9.17) is 5.73 Å². The standard InChI is InChI=1S/C15H11FN2/c16-14-9-12(17)5-6-13(14)11-4-3-10-2-1-7-18-15(10)8-11/h1-9H,17H2. The molecule has 3 rings (SSSR count). The maximum atomic E-state index is 13.8. The minimum absolute atomic E-state index is 0.315. The van der Waals surface area contributed by atoms with E-state index in [0.717, 1.165) is 16.5 Å². The maximum Gasteiger partial charge on any atom is 0.133 e. The largest absolute Gasteiger partial charge is 0.399 e. The lowest BCUT2D eigenvalue weighted by atomic mass is 10.0. The molecular formula is C15H11FN2. The number of hydrogen-bond acceptors (Lipinski definition) is 2. The van der Waals surface area contributed by atoms with E-state index in [1.165, 1.54) is 6.07 Å². The van der Waals surface area contributed by atoms with Crippen LogP contribution < -0.4 is 5.73 Å². The molecule has 18 heavy (non-hydrogen) atoms. The van der Waals surface area contributed by atoms with Gasteiger partial charge < -0.3 is 5.73 Å². The van der Waals surface area contributed by atoms with E-state index < -0.39 is 0 Å². The Balaban J connectivity index is 2.19. The highest BCUT2D eigenvalue weighted by Gasteiger charge is 2.06. The second-order valence-corrected chi connectivity index (χ2v) is 4.15. The predicted octanol–water partition coefficient (Wildman–Crippen LogP) is 3.62. The van der Waals surface area contributed by atoms with Crippen LogP contribution in [0.3, 0.4) is 0 Å². The number of halogens is 1. The van der Waals surface area contributed by atoms with Gasteiger partial charge in [-0.05, 0) is 35.9 Å². The van der Waals surface area contributed by atoms with E-state index in [1.807, 2.05) is 30.3 Å². The van der Waals surface area contributed by atoms with Gasteiger partial charge in [-0.3, -0.25) is 4.98 Å². The molecule has 0 fully saturated rings. The average Bonchev–Trinajstić information content (AvgIpc) is 2.38. The number of nitrogen functional groups attached to an aromatic ring is 1. The summed E-state index contributed by atoms with van der Waals surface area (Å²) in [5, 5.41) is 1.04. The Morgan fingerprint density at radius 2 is 1.89 bits per heavy atom. The van der Waals surface area contributed by atoms with Gasteiger partial charge in [0.2, 0.25) is 0 Å². The Bertz CT molecular complexity index is 723. The smallest absolute Gasteiger partial charge is 0.133 e. The van der Waals surface area contributed by atoms with Gasteiger partial charge in [0.25, 0.3) is 0 Å². The summed E-state index contributed by atoms with van der Waals surface area (Å²) >= 11 is 0. The van der Waals surface area contributed by atoms with Crippen molar-refractivity contribution in [3.63, 3.8) is 0 Å². The van der Waals surface area contributed by atoms with Crippen LogP contribution in [0, 0.1) is 5.82 Å². The van der Waals surface area contributed by atoms with Gasteiger partial charge >= 0.3 is 0 Å². The van der Waals surface area contributed by atoms with E-state index >= 15 is 0 Å². The van der Waals surface area contributed by atoms with Crippen LogP contribution in [0.2, 0.25) is 0 Å². The first-order valence-electron chi connectivity index (χ1n) is 5.64. The van der Waals surface area contributed by atoms with Gasteiger partial charge in [0, 0.05) is 22.8 Å². The maximum absolute atomic E-state index is 13.8. The first kappa shape index (κ1) is 10.7. The quantitative estimate of drug-likeness (QED) is 0.657. The van der Waals surface area contributed by atoms with E-state index in [9.17, 15) is 4.39 Å². The molecule has 2 N–H and O–H groups in total. The molecule has 3 aromatic rings. The first-order valence-corrected chi connectivity index (χ1v) is 5.64. The summed E-state index contributed by atoms with van der Waals surface area (Å²) in [6.07, 6.45) is 1.73. The van der Waals surface area contributed by atoms with Crippen molar-refractivity contribution in [3.05, 3.63) is 60.5 Å². The third kappa shape index (κ3) is 1.80. The van der Waals surface area contributed by atoms with Crippen molar-refractivity contribution in [2.75, 3.05) is 5.73 Å². The third-order valence-corrected chi connectivity index (χ3v) is 2.91. The molecule has 0 aliphatic heterocycles. The zero-order chi connectivity index (χ0) is 12.5. The van der Waals surface area contributed by atoms with E-state index in [-0.39, 0.29) is 5.82 Å². The van der Waals surface area contributed by atoms with Gasteiger partial charge in [0.05, 0.1) is 5.52 Å². The second-order valence-electron chi connectivity index (χ2n) is 4.15. The Hall–Kier alpha value is -2.42. The van der Waals surface area contributed by atoms with E-state index in [0.29, 0.717) is 11.3 Å². The number of hydrogen-bond donors (Lipinski definition) is 1. The molecule has 0 aliphatic rings. The summed E-state index contributed by atoms with van der Waals surface area (Å²) in [5.41, 5.74) is 8.17. The lowest BCUT2D eigenvalue weighted by Crippen LogP contribution is -1.89. The van der Waals surface area contributed by atoms with Crippen LogP contribution >= 0.6 is 0 Å². The summed E-state index contributed by atoms with van der Waals surface area (Å²) in [4.78, 5) is 4.27. The summed E-state index contributed by atoms with van der Waals surface area (Å²) in [6, 6.07) is 14.3.